The summed E-state index contributed by atoms with van der Waals surface area (Å²) in [7, 11) is 1.68. The van der Waals surface area contributed by atoms with E-state index in [1.807, 2.05) is 24.3 Å². The Labute approximate surface area is 214 Å². The number of ether oxygens (including phenoxy) is 1. The van der Waals surface area contributed by atoms with Gasteiger partial charge in [0, 0.05) is 44.5 Å². The maximum atomic E-state index is 11.9. The van der Waals surface area contributed by atoms with Crippen LogP contribution < -0.4 is 25.2 Å². The number of amides is 1. The first-order chi connectivity index (χ1) is 17.1. The summed E-state index contributed by atoms with van der Waals surface area (Å²) in [4.78, 5) is 21.5. The Balaban J connectivity index is 1.55. The third-order valence-corrected chi connectivity index (χ3v) is 6.59. The van der Waals surface area contributed by atoms with Crippen LogP contribution in [0.4, 0.5) is 28.7 Å². The van der Waals surface area contributed by atoms with Crippen LogP contribution in [0.15, 0.2) is 54.6 Å². The van der Waals surface area contributed by atoms with Crippen molar-refractivity contribution in [3.05, 3.63) is 65.7 Å². The van der Waals surface area contributed by atoms with Gasteiger partial charge in [0.15, 0.2) is 5.82 Å². The van der Waals surface area contributed by atoms with E-state index in [1.165, 1.54) is 18.2 Å². The lowest BCUT2D eigenvalue weighted by Crippen LogP contribution is -2.46. The summed E-state index contributed by atoms with van der Waals surface area (Å²) in [5.41, 5.74) is 5.25. The van der Waals surface area contributed by atoms with Crippen molar-refractivity contribution >= 4 is 34.6 Å². The summed E-state index contributed by atoms with van der Waals surface area (Å²) in [5, 5.41) is 6.43. The van der Waals surface area contributed by atoms with Gasteiger partial charge < -0.3 is 25.2 Å². The molecule has 0 bridgehead atoms. The molecule has 1 aliphatic rings. The smallest absolute Gasteiger partial charge is 0.221 e. The Kier molecular flexibility index (Phi) is 7.38. The number of benzene rings is 2. The lowest BCUT2D eigenvalue weighted by Gasteiger charge is -2.37. The van der Waals surface area contributed by atoms with Gasteiger partial charge >= 0.3 is 0 Å². The summed E-state index contributed by atoms with van der Waals surface area (Å²) >= 11 is 0. The predicted molar refractivity (Wildman–Crippen MR) is 149 cm³/mol. The molecule has 36 heavy (non-hydrogen) atoms. The van der Waals surface area contributed by atoms with E-state index in [2.05, 4.69) is 78.5 Å². The lowest BCUT2D eigenvalue weighted by molar-refractivity contribution is -0.114. The molecule has 2 N–H and O–H groups in total. The third-order valence-electron chi connectivity index (χ3n) is 6.59. The van der Waals surface area contributed by atoms with Crippen LogP contribution in [-0.4, -0.2) is 44.2 Å². The second-order valence-corrected chi connectivity index (χ2v) is 10.3. The summed E-state index contributed by atoms with van der Waals surface area (Å²) in [6, 6.07) is 18.6. The SMILES string of the molecule is COc1ccc(N2CCN(c3ccc(NC(C)=O)c(Nc4cc(C(C)(C)C)ccc4C)n3)CC2)cc1. The maximum absolute atomic E-state index is 11.9. The highest BCUT2D eigenvalue weighted by Crippen LogP contribution is 2.32. The van der Waals surface area contributed by atoms with Crippen molar-refractivity contribution in [1.82, 2.24) is 4.98 Å². The zero-order valence-corrected chi connectivity index (χ0v) is 22.2. The molecule has 0 saturated carbocycles. The van der Waals surface area contributed by atoms with E-state index in [0.717, 1.165) is 49.0 Å². The van der Waals surface area contributed by atoms with Crippen LogP contribution in [0.5, 0.6) is 5.75 Å². The Hall–Kier alpha value is -3.74. The Morgan fingerprint density at radius 2 is 1.58 bits per heavy atom. The lowest BCUT2D eigenvalue weighted by atomic mass is 9.86. The molecule has 1 aliphatic heterocycles. The molecule has 1 fully saturated rings. The molecule has 190 valence electrons. The number of methoxy groups -OCH3 is 1. The van der Waals surface area contributed by atoms with Crippen molar-refractivity contribution in [1.29, 1.82) is 0 Å². The van der Waals surface area contributed by atoms with Crippen LogP contribution in [0.25, 0.3) is 0 Å². The predicted octanol–water partition coefficient (Wildman–Crippen LogP) is 5.72. The van der Waals surface area contributed by atoms with Gasteiger partial charge in [0.2, 0.25) is 5.91 Å². The average molecular weight is 488 g/mol. The van der Waals surface area contributed by atoms with E-state index in [1.54, 1.807) is 7.11 Å². The molecule has 3 aromatic rings. The zero-order valence-electron chi connectivity index (χ0n) is 22.2. The normalized spacial score (nSPS) is 13.9. The minimum absolute atomic E-state index is 0.0312. The van der Waals surface area contributed by atoms with E-state index in [9.17, 15) is 4.79 Å². The molecule has 1 amide bonds. The van der Waals surface area contributed by atoms with Crippen LogP contribution in [-0.2, 0) is 10.2 Å². The molecular weight excluding hydrogens is 450 g/mol. The first-order valence-corrected chi connectivity index (χ1v) is 12.4. The van der Waals surface area contributed by atoms with Gasteiger partial charge in [-0.25, -0.2) is 4.98 Å². The van der Waals surface area contributed by atoms with E-state index >= 15 is 0 Å². The summed E-state index contributed by atoms with van der Waals surface area (Å²) in [5.74, 6) is 2.28. The van der Waals surface area contributed by atoms with Gasteiger partial charge in [-0.05, 0) is 65.9 Å². The van der Waals surface area contributed by atoms with Crippen LogP contribution in [0.2, 0.25) is 0 Å². The van der Waals surface area contributed by atoms with E-state index in [4.69, 9.17) is 9.72 Å². The van der Waals surface area contributed by atoms with Gasteiger partial charge in [0.1, 0.15) is 11.6 Å². The number of nitrogens with zero attached hydrogens (tertiary/aromatic N) is 3. The van der Waals surface area contributed by atoms with Crippen molar-refractivity contribution in [3.8, 4) is 5.75 Å². The number of carbonyl (C=O) groups excluding carboxylic acids is 1. The fourth-order valence-electron chi connectivity index (χ4n) is 4.35. The molecule has 1 saturated heterocycles. The topological polar surface area (TPSA) is 69.7 Å². The minimum Gasteiger partial charge on any atom is -0.497 e. The highest BCUT2D eigenvalue weighted by Gasteiger charge is 2.21. The van der Waals surface area contributed by atoms with Crippen molar-refractivity contribution in [2.45, 2.75) is 40.0 Å². The Morgan fingerprint density at radius 3 is 2.19 bits per heavy atom. The van der Waals surface area contributed by atoms with Crippen molar-refractivity contribution in [2.75, 3.05) is 53.7 Å². The minimum atomic E-state index is -0.124. The third kappa shape index (κ3) is 5.90. The summed E-state index contributed by atoms with van der Waals surface area (Å²) in [6.45, 7) is 13.7. The van der Waals surface area contributed by atoms with Crippen LogP contribution >= 0.6 is 0 Å². The molecule has 2 aromatic carbocycles. The molecular formula is C29H37N5O2. The first kappa shape index (κ1) is 25.4. The van der Waals surface area contributed by atoms with Crippen LogP contribution in [0.3, 0.4) is 0 Å². The number of hydrogen-bond donors (Lipinski definition) is 2. The van der Waals surface area contributed by atoms with Crippen LogP contribution in [0, 0.1) is 6.92 Å². The van der Waals surface area contributed by atoms with E-state index in [-0.39, 0.29) is 11.3 Å². The fraction of sp³-hybridized carbons (Fsp3) is 0.379. The molecule has 2 heterocycles. The Morgan fingerprint density at radius 1 is 0.917 bits per heavy atom. The van der Waals surface area contributed by atoms with E-state index in [0.29, 0.717) is 11.5 Å². The van der Waals surface area contributed by atoms with Crippen molar-refractivity contribution in [3.63, 3.8) is 0 Å². The highest BCUT2D eigenvalue weighted by atomic mass is 16.5. The van der Waals surface area contributed by atoms with Gasteiger partial charge in [-0.15, -0.1) is 0 Å². The monoisotopic (exact) mass is 487 g/mol. The molecule has 0 radical (unpaired) electrons. The number of rotatable bonds is 6. The van der Waals surface area contributed by atoms with Gasteiger partial charge in [-0.3, -0.25) is 4.79 Å². The standard InChI is InChI=1S/C29H37N5O2/c1-20-7-8-22(29(3,4)5)19-26(20)31-28-25(30-21(2)35)13-14-27(32-28)34-17-15-33(16-18-34)23-9-11-24(36-6)12-10-23/h7-14,19H,15-18H2,1-6H3,(H,30,35)(H,31,32). The second kappa shape index (κ2) is 10.5. The number of piperazine rings is 1. The number of nitrogens with one attached hydrogen (secondary N) is 2. The number of carbonyl (C=O) groups is 1. The summed E-state index contributed by atoms with van der Waals surface area (Å²) in [6.07, 6.45) is 0. The molecule has 0 atom stereocenters. The molecule has 0 spiro atoms. The molecule has 7 nitrogen and oxygen atoms in total. The number of hydrogen-bond acceptors (Lipinski definition) is 6. The number of aromatic nitrogens is 1. The van der Waals surface area contributed by atoms with Gasteiger partial charge in [0.05, 0.1) is 12.8 Å². The summed E-state index contributed by atoms with van der Waals surface area (Å²) < 4.78 is 5.28. The number of aryl methyl sites for hydroxylation is 1. The molecule has 0 aliphatic carbocycles. The van der Waals surface area contributed by atoms with Gasteiger partial charge in [0.25, 0.3) is 0 Å². The van der Waals surface area contributed by atoms with Gasteiger partial charge in [-0.1, -0.05) is 32.9 Å². The van der Waals surface area contributed by atoms with Crippen molar-refractivity contribution in [2.24, 2.45) is 0 Å². The highest BCUT2D eigenvalue weighted by molar-refractivity contribution is 5.93. The zero-order chi connectivity index (χ0) is 25.9. The number of anilines is 5. The average Bonchev–Trinajstić information content (AvgIpc) is 2.85. The molecule has 4 rings (SSSR count). The maximum Gasteiger partial charge on any atom is 0.221 e. The van der Waals surface area contributed by atoms with E-state index < -0.39 is 0 Å². The molecule has 0 unspecified atom stereocenters. The molecule has 1 aromatic heterocycles. The fourth-order valence-corrected chi connectivity index (χ4v) is 4.35. The molecule has 7 heteroatoms. The van der Waals surface area contributed by atoms with Gasteiger partial charge in [-0.2, -0.15) is 0 Å². The van der Waals surface area contributed by atoms with Crippen LogP contribution in [0.1, 0.15) is 38.8 Å². The second-order valence-electron chi connectivity index (χ2n) is 10.3. The Bertz CT molecular complexity index is 1210. The quantitative estimate of drug-likeness (QED) is 0.463. The largest absolute Gasteiger partial charge is 0.497 e. The van der Waals surface area contributed by atoms with Crippen molar-refractivity contribution < 1.29 is 9.53 Å². The number of pyridine rings is 1. The first-order valence-electron chi connectivity index (χ1n) is 12.4.